The molecule has 86 valence electrons. The minimum Gasteiger partial charge on any atom is -0.395 e. The third-order valence-electron chi connectivity index (χ3n) is 2.27. The number of aliphatic hydroxyl groups is 1. The molecule has 0 aliphatic carbocycles. The maximum absolute atomic E-state index is 9.12. The fraction of sp³-hybridized carbons (Fsp3) is 0.600. The van der Waals surface area contributed by atoms with Crippen molar-refractivity contribution in [3.8, 4) is 0 Å². The molecule has 0 radical (unpaired) electrons. The van der Waals surface area contributed by atoms with Gasteiger partial charge in [0.25, 0.3) is 0 Å². The Kier molecular flexibility index (Phi) is 6.00. The Labute approximate surface area is 104 Å². The molecule has 1 aromatic heterocycles. The summed E-state index contributed by atoms with van der Waals surface area (Å²) in [5, 5.41) is 12.8. The molecule has 0 aliphatic heterocycles. The van der Waals surface area contributed by atoms with Crippen LogP contribution in [0.1, 0.15) is 11.8 Å². The zero-order chi connectivity index (χ0) is 11.3. The van der Waals surface area contributed by atoms with Crippen LogP contribution in [-0.2, 0) is 6.54 Å². The van der Waals surface area contributed by atoms with Crippen LogP contribution in [0.2, 0.25) is 4.34 Å². The smallest absolute Gasteiger partial charge is 0.0931 e. The van der Waals surface area contributed by atoms with Gasteiger partial charge in [0.05, 0.1) is 10.9 Å². The van der Waals surface area contributed by atoms with Crippen molar-refractivity contribution in [3.05, 3.63) is 21.3 Å². The van der Waals surface area contributed by atoms with Gasteiger partial charge >= 0.3 is 0 Å². The van der Waals surface area contributed by atoms with Crippen LogP contribution in [0.15, 0.2) is 12.1 Å². The molecule has 2 unspecified atom stereocenters. The summed E-state index contributed by atoms with van der Waals surface area (Å²) < 4.78 is 0.822. The summed E-state index contributed by atoms with van der Waals surface area (Å²) in [7, 11) is 0. The molecule has 0 saturated carbocycles. The molecular weight excluding hydrogens is 250 g/mol. The monoisotopic (exact) mass is 265 g/mol. The van der Waals surface area contributed by atoms with Crippen LogP contribution >= 0.6 is 34.7 Å². The lowest BCUT2D eigenvalue weighted by molar-refractivity contribution is 0.276. The van der Waals surface area contributed by atoms with Crippen molar-refractivity contribution in [1.82, 2.24) is 5.32 Å². The molecule has 0 amide bonds. The Morgan fingerprint density at radius 1 is 1.60 bits per heavy atom. The van der Waals surface area contributed by atoms with E-state index in [0.717, 1.165) is 10.9 Å². The van der Waals surface area contributed by atoms with Gasteiger partial charge in [0.1, 0.15) is 0 Å². The van der Waals surface area contributed by atoms with Crippen molar-refractivity contribution in [2.24, 2.45) is 0 Å². The number of rotatable bonds is 6. The second kappa shape index (κ2) is 6.76. The Hall–Kier alpha value is 0.260. The highest BCUT2D eigenvalue weighted by molar-refractivity contribution is 7.99. The number of thiophene rings is 1. The Bertz CT molecular complexity index is 289. The van der Waals surface area contributed by atoms with Crippen LogP contribution < -0.4 is 5.32 Å². The summed E-state index contributed by atoms with van der Waals surface area (Å²) in [6, 6.07) is 4.23. The minimum absolute atomic E-state index is 0.209. The van der Waals surface area contributed by atoms with E-state index in [1.54, 1.807) is 23.1 Å². The highest BCUT2D eigenvalue weighted by atomic mass is 35.5. The Morgan fingerprint density at radius 3 is 2.80 bits per heavy atom. The third kappa shape index (κ3) is 4.33. The van der Waals surface area contributed by atoms with E-state index in [1.165, 1.54) is 4.88 Å². The molecule has 0 bridgehead atoms. The van der Waals surface area contributed by atoms with E-state index >= 15 is 0 Å². The van der Waals surface area contributed by atoms with Crippen LogP contribution in [-0.4, -0.2) is 29.3 Å². The van der Waals surface area contributed by atoms with E-state index in [0.29, 0.717) is 6.04 Å². The fourth-order valence-corrected chi connectivity index (χ4v) is 2.97. The maximum atomic E-state index is 9.12. The van der Waals surface area contributed by atoms with Gasteiger partial charge in [-0.1, -0.05) is 11.6 Å². The predicted molar refractivity (Wildman–Crippen MR) is 70.0 cm³/mol. The molecule has 1 heterocycles. The summed E-state index contributed by atoms with van der Waals surface area (Å²) in [6.45, 7) is 3.11. The van der Waals surface area contributed by atoms with Crippen molar-refractivity contribution in [3.63, 3.8) is 0 Å². The summed E-state index contributed by atoms with van der Waals surface area (Å²) in [6.07, 6.45) is 2.01. The quantitative estimate of drug-likeness (QED) is 0.829. The molecule has 0 aromatic carbocycles. The Morgan fingerprint density at radius 2 is 2.33 bits per heavy atom. The number of hydrogen-bond donors (Lipinski definition) is 2. The van der Waals surface area contributed by atoms with Crippen molar-refractivity contribution >= 4 is 34.7 Å². The van der Waals surface area contributed by atoms with Crippen LogP contribution in [0, 0.1) is 0 Å². The molecule has 1 rings (SSSR count). The summed E-state index contributed by atoms with van der Waals surface area (Å²) in [4.78, 5) is 1.23. The first-order valence-corrected chi connectivity index (χ1v) is 7.27. The van der Waals surface area contributed by atoms with E-state index < -0.39 is 0 Å². The van der Waals surface area contributed by atoms with Crippen molar-refractivity contribution in [2.75, 3.05) is 12.9 Å². The molecule has 2 nitrogen and oxygen atoms in total. The minimum atomic E-state index is 0.209. The van der Waals surface area contributed by atoms with Gasteiger partial charge in [-0.2, -0.15) is 11.8 Å². The summed E-state index contributed by atoms with van der Waals surface area (Å²) in [5.74, 6) is 0. The van der Waals surface area contributed by atoms with Gasteiger partial charge < -0.3 is 10.4 Å². The van der Waals surface area contributed by atoms with Gasteiger partial charge in [0, 0.05) is 22.7 Å². The van der Waals surface area contributed by atoms with Gasteiger partial charge in [0.15, 0.2) is 0 Å². The molecule has 15 heavy (non-hydrogen) atoms. The number of hydrogen-bond acceptors (Lipinski definition) is 4. The zero-order valence-electron chi connectivity index (χ0n) is 8.87. The lowest BCUT2D eigenvalue weighted by Crippen LogP contribution is -2.36. The van der Waals surface area contributed by atoms with E-state index in [1.807, 2.05) is 18.4 Å². The van der Waals surface area contributed by atoms with E-state index in [4.69, 9.17) is 16.7 Å². The van der Waals surface area contributed by atoms with Crippen molar-refractivity contribution in [2.45, 2.75) is 24.8 Å². The van der Waals surface area contributed by atoms with Crippen LogP contribution in [0.5, 0.6) is 0 Å². The molecular formula is C10H16ClNOS2. The second-order valence-corrected chi connectivity index (χ2v) is 6.21. The molecule has 2 N–H and O–H groups in total. The van der Waals surface area contributed by atoms with Crippen molar-refractivity contribution < 1.29 is 5.11 Å². The van der Waals surface area contributed by atoms with Gasteiger partial charge in [0.2, 0.25) is 0 Å². The third-order valence-corrected chi connectivity index (χ3v) is 4.66. The number of halogens is 1. The van der Waals surface area contributed by atoms with Gasteiger partial charge in [-0.3, -0.25) is 0 Å². The van der Waals surface area contributed by atoms with Crippen LogP contribution in [0.25, 0.3) is 0 Å². The highest BCUT2D eigenvalue weighted by Gasteiger charge is 2.14. The molecule has 0 fully saturated rings. The van der Waals surface area contributed by atoms with E-state index in [-0.39, 0.29) is 11.9 Å². The Balaban J connectivity index is 2.36. The molecule has 5 heteroatoms. The topological polar surface area (TPSA) is 32.3 Å². The van der Waals surface area contributed by atoms with E-state index in [2.05, 4.69) is 12.2 Å². The van der Waals surface area contributed by atoms with Gasteiger partial charge in [-0.15, -0.1) is 11.3 Å². The maximum Gasteiger partial charge on any atom is 0.0931 e. The molecule has 1 aromatic rings. The lowest BCUT2D eigenvalue weighted by Gasteiger charge is -2.20. The molecule has 2 atom stereocenters. The van der Waals surface area contributed by atoms with E-state index in [9.17, 15) is 0 Å². The van der Waals surface area contributed by atoms with Crippen LogP contribution in [0.4, 0.5) is 0 Å². The summed E-state index contributed by atoms with van der Waals surface area (Å²) in [5.41, 5.74) is 0. The van der Waals surface area contributed by atoms with Crippen molar-refractivity contribution in [1.29, 1.82) is 0 Å². The summed E-state index contributed by atoms with van der Waals surface area (Å²) >= 11 is 9.11. The molecule has 0 aliphatic rings. The number of thioether (sulfide) groups is 1. The standard InChI is InChI=1S/C10H16ClNOS2/c1-7(9(6-13)14-2)12-5-8-3-4-10(11)15-8/h3-4,7,9,12-13H,5-6H2,1-2H3. The average Bonchev–Trinajstić information content (AvgIpc) is 2.63. The second-order valence-electron chi connectivity index (χ2n) is 3.33. The normalized spacial score (nSPS) is 15.2. The molecule has 0 spiro atoms. The predicted octanol–water partition coefficient (Wildman–Crippen LogP) is 2.60. The first-order chi connectivity index (χ1) is 7.17. The SMILES string of the molecule is CSC(CO)C(C)NCc1ccc(Cl)s1. The first kappa shape index (κ1) is 13.3. The number of nitrogens with one attached hydrogen (secondary N) is 1. The largest absolute Gasteiger partial charge is 0.395 e. The number of aliphatic hydroxyl groups excluding tert-OH is 1. The average molecular weight is 266 g/mol. The van der Waals surface area contributed by atoms with Crippen LogP contribution in [0.3, 0.4) is 0 Å². The first-order valence-electron chi connectivity index (χ1n) is 4.78. The lowest BCUT2D eigenvalue weighted by atomic mass is 10.2. The fourth-order valence-electron chi connectivity index (χ4n) is 1.28. The van der Waals surface area contributed by atoms with Gasteiger partial charge in [-0.25, -0.2) is 0 Å². The van der Waals surface area contributed by atoms with Gasteiger partial charge in [-0.05, 0) is 25.3 Å². The molecule has 0 saturated heterocycles. The zero-order valence-corrected chi connectivity index (χ0v) is 11.3. The highest BCUT2D eigenvalue weighted by Crippen LogP contribution is 2.21.